The molecule has 2 aliphatic rings. The molecule has 3 nitrogen and oxygen atoms in total. The van der Waals surface area contributed by atoms with Crippen LogP contribution in [0.1, 0.15) is 40.6 Å². The number of carbonyl (C=O) groups is 1. The first-order valence-electron chi connectivity index (χ1n) is 9.12. The fraction of sp³-hybridized carbons (Fsp3) is 0.261. The Morgan fingerprint density at radius 3 is 2.54 bits per heavy atom. The highest BCUT2D eigenvalue weighted by atomic mass is 16.3. The van der Waals surface area contributed by atoms with Crippen LogP contribution in [0.2, 0.25) is 0 Å². The third-order valence-corrected chi connectivity index (χ3v) is 5.96. The van der Waals surface area contributed by atoms with E-state index in [1.54, 1.807) is 6.26 Å². The molecule has 0 saturated carbocycles. The van der Waals surface area contributed by atoms with Gasteiger partial charge in [0.1, 0.15) is 5.76 Å². The first kappa shape index (κ1) is 15.4. The molecule has 1 saturated heterocycles. The average molecular weight is 343 g/mol. The maximum absolute atomic E-state index is 13.2. The van der Waals surface area contributed by atoms with Crippen molar-refractivity contribution in [2.45, 2.75) is 25.3 Å². The quantitative estimate of drug-likeness (QED) is 0.694. The van der Waals surface area contributed by atoms with Crippen LogP contribution in [-0.2, 0) is 12.0 Å². The Balaban J connectivity index is 1.67. The van der Waals surface area contributed by atoms with Crippen molar-refractivity contribution >= 4 is 5.91 Å². The molecule has 0 spiro atoms. The minimum atomic E-state index is -0.379. The molecule has 26 heavy (non-hydrogen) atoms. The van der Waals surface area contributed by atoms with Crippen molar-refractivity contribution in [1.82, 2.24) is 4.90 Å². The van der Waals surface area contributed by atoms with Gasteiger partial charge in [-0.25, -0.2) is 0 Å². The molecule has 2 aliphatic heterocycles. The summed E-state index contributed by atoms with van der Waals surface area (Å²) in [7, 11) is 0. The van der Waals surface area contributed by atoms with E-state index in [2.05, 4.69) is 42.2 Å². The number of hydrogen-bond acceptors (Lipinski definition) is 2. The molecule has 5 rings (SSSR count). The maximum Gasteiger partial charge on any atom is 0.255 e. The molecule has 0 aliphatic carbocycles. The Hall–Kier alpha value is -2.81. The van der Waals surface area contributed by atoms with Gasteiger partial charge in [0.2, 0.25) is 0 Å². The third-order valence-electron chi connectivity index (χ3n) is 5.96. The van der Waals surface area contributed by atoms with Crippen molar-refractivity contribution in [2.75, 3.05) is 6.54 Å². The van der Waals surface area contributed by atoms with E-state index in [-0.39, 0.29) is 16.9 Å². The molecule has 0 N–H and O–H groups in total. The minimum Gasteiger partial charge on any atom is -0.469 e. The Morgan fingerprint density at radius 1 is 1.00 bits per heavy atom. The van der Waals surface area contributed by atoms with Crippen molar-refractivity contribution in [1.29, 1.82) is 0 Å². The minimum absolute atomic E-state index is 0.0309. The number of amides is 1. The Kier molecular flexibility index (Phi) is 3.17. The molecular formula is C23H21NO2. The third kappa shape index (κ3) is 2.03. The molecule has 1 amide bonds. The second kappa shape index (κ2) is 5.34. The highest BCUT2D eigenvalue weighted by molar-refractivity contribution is 6.01. The normalized spacial score (nSPS) is 26.8. The van der Waals surface area contributed by atoms with Gasteiger partial charge in [-0.2, -0.15) is 0 Å². The summed E-state index contributed by atoms with van der Waals surface area (Å²) in [5.41, 5.74) is 2.77. The number of furan rings is 1. The lowest BCUT2D eigenvalue weighted by Crippen LogP contribution is -2.39. The zero-order chi connectivity index (χ0) is 17.8. The molecule has 1 fully saturated rings. The number of rotatable bonds is 3. The van der Waals surface area contributed by atoms with Crippen LogP contribution in [0.25, 0.3) is 0 Å². The summed E-state index contributed by atoms with van der Waals surface area (Å²) in [5.74, 6) is 1.13. The summed E-state index contributed by atoms with van der Waals surface area (Å²) >= 11 is 0. The summed E-state index contributed by atoms with van der Waals surface area (Å²) in [5, 5.41) is 0. The predicted molar refractivity (Wildman–Crippen MR) is 99.8 cm³/mol. The van der Waals surface area contributed by atoms with E-state index >= 15 is 0 Å². The van der Waals surface area contributed by atoms with Crippen molar-refractivity contribution in [3.05, 3.63) is 95.4 Å². The molecular weight excluding hydrogens is 322 g/mol. The molecule has 3 heteroatoms. The number of hydrogen-bond donors (Lipinski definition) is 0. The van der Waals surface area contributed by atoms with Crippen LogP contribution in [0, 0.1) is 5.41 Å². The van der Waals surface area contributed by atoms with E-state index < -0.39 is 0 Å². The van der Waals surface area contributed by atoms with Gasteiger partial charge in [-0.1, -0.05) is 55.5 Å². The van der Waals surface area contributed by atoms with E-state index in [4.69, 9.17) is 4.42 Å². The lowest BCUT2D eigenvalue weighted by atomic mass is 9.73. The van der Waals surface area contributed by atoms with Gasteiger partial charge in [0.25, 0.3) is 5.91 Å². The first-order valence-corrected chi connectivity index (χ1v) is 9.12. The standard InChI is InChI=1S/C23H21NO2/c1-22(14-18-10-7-13-26-18)15-23(17-8-3-2-4-9-17)20-12-6-5-11-19(20)21(25)24(23)16-22/h2-13H,14-16H2,1H3/t22-,23+/m0/s1. The summed E-state index contributed by atoms with van der Waals surface area (Å²) in [4.78, 5) is 15.3. The predicted octanol–water partition coefficient (Wildman–Crippen LogP) is 4.63. The lowest BCUT2D eigenvalue weighted by molar-refractivity contribution is 0.0702. The van der Waals surface area contributed by atoms with Crippen LogP contribution >= 0.6 is 0 Å². The van der Waals surface area contributed by atoms with Gasteiger partial charge in [0.05, 0.1) is 11.8 Å². The molecule has 130 valence electrons. The van der Waals surface area contributed by atoms with E-state index in [1.807, 2.05) is 36.4 Å². The maximum atomic E-state index is 13.2. The van der Waals surface area contributed by atoms with Crippen LogP contribution in [0.5, 0.6) is 0 Å². The molecule has 3 heterocycles. The molecule has 2 aromatic carbocycles. The van der Waals surface area contributed by atoms with Gasteiger partial charge in [0.15, 0.2) is 0 Å². The van der Waals surface area contributed by atoms with E-state index in [0.717, 1.165) is 36.3 Å². The van der Waals surface area contributed by atoms with Gasteiger partial charge < -0.3 is 9.32 Å². The van der Waals surface area contributed by atoms with Crippen LogP contribution in [0.4, 0.5) is 0 Å². The van der Waals surface area contributed by atoms with Gasteiger partial charge in [-0.05, 0) is 41.2 Å². The summed E-state index contributed by atoms with van der Waals surface area (Å²) in [6.07, 6.45) is 3.45. The van der Waals surface area contributed by atoms with Crippen molar-refractivity contribution in [2.24, 2.45) is 5.41 Å². The van der Waals surface area contributed by atoms with E-state index in [9.17, 15) is 4.79 Å². The molecule has 1 aromatic heterocycles. The van der Waals surface area contributed by atoms with Gasteiger partial charge in [-0.3, -0.25) is 4.79 Å². The summed E-state index contributed by atoms with van der Waals surface area (Å²) < 4.78 is 5.61. The van der Waals surface area contributed by atoms with E-state index in [0.29, 0.717) is 0 Å². The van der Waals surface area contributed by atoms with Crippen molar-refractivity contribution < 1.29 is 9.21 Å². The Labute approximate surface area is 153 Å². The van der Waals surface area contributed by atoms with E-state index in [1.165, 1.54) is 5.56 Å². The first-order chi connectivity index (χ1) is 12.6. The average Bonchev–Trinajstić information content (AvgIpc) is 3.33. The molecule has 0 radical (unpaired) electrons. The summed E-state index contributed by atoms with van der Waals surface area (Å²) in [6.45, 7) is 3.00. The fourth-order valence-electron chi connectivity index (χ4n) is 5.03. The number of fused-ring (bicyclic) bond motifs is 3. The molecule has 3 aromatic rings. The SMILES string of the molecule is C[C@@]1(Cc2ccco2)CN2C(=O)c3ccccc3[C@]2(c2ccccc2)C1. The van der Waals surface area contributed by atoms with Crippen molar-refractivity contribution in [3.8, 4) is 0 Å². The molecule has 0 bridgehead atoms. The zero-order valence-corrected chi connectivity index (χ0v) is 14.8. The lowest BCUT2D eigenvalue weighted by Gasteiger charge is -2.34. The number of carbonyl (C=O) groups excluding carboxylic acids is 1. The number of nitrogens with zero attached hydrogens (tertiary/aromatic N) is 1. The topological polar surface area (TPSA) is 33.5 Å². The zero-order valence-electron chi connectivity index (χ0n) is 14.8. The fourth-order valence-corrected chi connectivity index (χ4v) is 5.03. The number of benzene rings is 2. The van der Waals surface area contributed by atoms with Crippen LogP contribution in [-0.4, -0.2) is 17.4 Å². The molecule has 0 unspecified atom stereocenters. The van der Waals surface area contributed by atoms with Crippen molar-refractivity contribution in [3.63, 3.8) is 0 Å². The van der Waals surface area contributed by atoms with Gasteiger partial charge >= 0.3 is 0 Å². The largest absolute Gasteiger partial charge is 0.469 e. The smallest absolute Gasteiger partial charge is 0.255 e. The monoisotopic (exact) mass is 343 g/mol. The highest BCUT2D eigenvalue weighted by Crippen LogP contribution is 2.57. The Morgan fingerprint density at radius 2 is 1.77 bits per heavy atom. The van der Waals surface area contributed by atoms with Crippen LogP contribution in [0.3, 0.4) is 0 Å². The molecule has 2 atom stereocenters. The van der Waals surface area contributed by atoms with Gasteiger partial charge in [0, 0.05) is 18.5 Å². The van der Waals surface area contributed by atoms with Crippen LogP contribution < -0.4 is 0 Å². The summed E-state index contributed by atoms with van der Waals surface area (Å²) in [6, 6.07) is 22.5. The second-order valence-electron chi connectivity index (χ2n) is 7.91. The second-order valence-corrected chi connectivity index (χ2v) is 7.91. The van der Waals surface area contributed by atoms with Gasteiger partial charge in [-0.15, -0.1) is 0 Å². The highest BCUT2D eigenvalue weighted by Gasteiger charge is 2.59. The Bertz CT molecular complexity index is 963. The van der Waals surface area contributed by atoms with Crippen LogP contribution in [0.15, 0.2) is 77.4 Å².